The summed E-state index contributed by atoms with van der Waals surface area (Å²) in [5.41, 5.74) is 0.910. The SMILES string of the molecule is COc1c2c3c4c(c(NC5CCC(C(=O)O)C5)c(O)c5c(=O)cc(OC)c(c6c(OC)cc(NC7CCC(C(=O)O)C7)c(c1=O)c63)c54)C=C(C)C2C(C)=O. The molecule has 8 rings (SSSR count). The number of hydrogen-bond acceptors (Lipinski definition) is 11. The standard InChI is InChI=1S/C41H40N2O11/c1-15-10-21-27-32-29(37(46)36(21)43-20-9-7-18(12-20)41(50)51)23(45)14-25(53-4)31(32)30-24(52-3)13-22(42-19-8-6-17(11-19)40(48)49)28-34(30)33(27)35(26(15)16(2)44)39(54-5)38(28)47/h10,13-14,17-20,26,42-43,46H,6-9,11-12H2,1-5H3,(H,48,49)(H,50,51). The summed E-state index contributed by atoms with van der Waals surface area (Å²) >= 11 is 0. The molecule has 3 aliphatic carbocycles. The Labute approximate surface area is 308 Å². The fraction of sp³-hybridized carbons (Fsp3) is 0.390. The maximum Gasteiger partial charge on any atom is 0.306 e. The summed E-state index contributed by atoms with van der Waals surface area (Å²) in [4.78, 5) is 66.6. The van der Waals surface area contributed by atoms with Crippen LogP contribution in [-0.4, -0.2) is 66.5 Å². The van der Waals surface area contributed by atoms with Crippen LogP contribution in [0.15, 0.2) is 27.3 Å². The summed E-state index contributed by atoms with van der Waals surface area (Å²) in [5, 5.41) is 41.3. The second-order valence-electron chi connectivity index (χ2n) is 14.9. The molecule has 2 fully saturated rings. The van der Waals surface area contributed by atoms with Gasteiger partial charge in [-0.25, -0.2) is 0 Å². The molecule has 54 heavy (non-hydrogen) atoms. The third kappa shape index (κ3) is 4.93. The zero-order chi connectivity index (χ0) is 38.5. The van der Waals surface area contributed by atoms with Gasteiger partial charge in [-0.1, -0.05) is 11.6 Å². The summed E-state index contributed by atoms with van der Waals surface area (Å²) in [6.45, 7) is 3.20. The molecule has 0 aromatic heterocycles. The van der Waals surface area contributed by atoms with Crippen molar-refractivity contribution in [2.24, 2.45) is 11.8 Å². The van der Waals surface area contributed by atoms with Crippen molar-refractivity contribution in [2.75, 3.05) is 32.0 Å². The van der Waals surface area contributed by atoms with Crippen molar-refractivity contribution < 1.29 is 43.9 Å². The average Bonchev–Trinajstić information content (AvgIpc) is 3.78. The van der Waals surface area contributed by atoms with Gasteiger partial charge in [0, 0.05) is 62.3 Å². The lowest BCUT2D eigenvalue weighted by molar-refractivity contribution is -0.142. The molecule has 5 unspecified atom stereocenters. The number of fused-ring (bicyclic) bond motifs is 1. The van der Waals surface area contributed by atoms with Crippen molar-refractivity contribution in [1.29, 1.82) is 0 Å². The minimum atomic E-state index is -0.965. The van der Waals surface area contributed by atoms with E-state index in [-0.39, 0.29) is 51.6 Å². The van der Waals surface area contributed by atoms with Gasteiger partial charge in [-0.2, -0.15) is 0 Å². The Morgan fingerprint density at radius 2 is 1.30 bits per heavy atom. The van der Waals surface area contributed by atoms with Crippen molar-refractivity contribution in [3.63, 3.8) is 0 Å². The van der Waals surface area contributed by atoms with Crippen LogP contribution < -0.4 is 35.7 Å². The average molecular weight is 737 g/mol. The highest BCUT2D eigenvalue weighted by atomic mass is 16.5. The van der Waals surface area contributed by atoms with Crippen molar-refractivity contribution in [2.45, 2.75) is 70.4 Å². The third-order valence-electron chi connectivity index (χ3n) is 11.9. The highest BCUT2D eigenvalue weighted by Crippen LogP contribution is 2.57. The monoisotopic (exact) mass is 736 g/mol. The fourth-order valence-electron chi connectivity index (χ4n) is 9.64. The molecule has 0 amide bonds. The predicted octanol–water partition coefficient (Wildman–Crippen LogP) is 6.05. The van der Waals surface area contributed by atoms with Gasteiger partial charge in [-0.3, -0.25) is 24.0 Å². The first-order valence-electron chi connectivity index (χ1n) is 18.0. The number of ketones is 1. The molecule has 0 spiro atoms. The highest BCUT2D eigenvalue weighted by Gasteiger charge is 2.39. The summed E-state index contributed by atoms with van der Waals surface area (Å²) in [6, 6.07) is 2.34. The lowest BCUT2D eigenvalue weighted by Crippen LogP contribution is -2.21. The van der Waals surface area contributed by atoms with E-state index < -0.39 is 40.5 Å². The minimum Gasteiger partial charge on any atom is -0.505 e. The van der Waals surface area contributed by atoms with Gasteiger partial charge in [-0.05, 0) is 57.8 Å². The molecule has 13 nitrogen and oxygen atoms in total. The number of phenols is 1. The lowest BCUT2D eigenvalue weighted by Gasteiger charge is -2.27. The van der Waals surface area contributed by atoms with Gasteiger partial charge in [0.1, 0.15) is 17.3 Å². The summed E-state index contributed by atoms with van der Waals surface area (Å²) < 4.78 is 17.9. The van der Waals surface area contributed by atoms with E-state index in [2.05, 4.69) is 10.6 Å². The Hall–Kier alpha value is -5.85. The smallest absolute Gasteiger partial charge is 0.306 e. The first-order valence-corrected chi connectivity index (χ1v) is 18.0. The second kappa shape index (κ2) is 12.6. The van der Waals surface area contributed by atoms with E-state index >= 15 is 0 Å². The van der Waals surface area contributed by atoms with E-state index in [1.54, 1.807) is 19.1 Å². The molecule has 5 aromatic rings. The zero-order valence-corrected chi connectivity index (χ0v) is 30.5. The number of aliphatic carboxylic acids is 2. The van der Waals surface area contributed by atoms with Crippen LogP contribution in [0.4, 0.5) is 11.4 Å². The van der Waals surface area contributed by atoms with Crippen molar-refractivity contribution in [3.05, 3.63) is 49.3 Å². The Bertz CT molecular complexity index is 2620. The molecule has 2 saturated carbocycles. The third-order valence-corrected chi connectivity index (χ3v) is 11.9. The van der Waals surface area contributed by atoms with Crippen LogP contribution in [0.1, 0.15) is 69.4 Å². The molecule has 13 heteroatoms. The van der Waals surface area contributed by atoms with Gasteiger partial charge in [0.05, 0.1) is 61.2 Å². The minimum absolute atomic E-state index is 0.0167. The van der Waals surface area contributed by atoms with Crippen LogP contribution in [0, 0.1) is 11.8 Å². The molecule has 0 radical (unpaired) electrons. The number of aromatic hydroxyl groups is 1. The van der Waals surface area contributed by atoms with Crippen LogP contribution in [-0.2, 0) is 14.4 Å². The van der Waals surface area contributed by atoms with E-state index in [0.717, 1.165) is 0 Å². The molecule has 280 valence electrons. The number of carboxylic acids is 2. The maximum atomic E-state index is 14.9. The van der Waals surface area contributed by atoms with E-state index in [4.69, 9.17) is 14.2 Å². The molecule has 5 N–H and O–H groups in total. The zero-order valence-electron chi connectivity index (χ0n) is 30.5. The van der Waals surface area contributed by atoms with Crippen LogP contribution in [0.2, 0.25) is 0 Å². The molecular weight excluding hydrogens is 696 g/mol. The van der Waals surface area contributed by atoms with Crippen LogP contribution in [0.25, 0.3) is 49.2 Å². The number of nitrogens with one attached hydrogen (secondary N) is 2. The first-order chi connectivity index (χ1) is 25.8. The Kier molecular flexibility index (Phi) is 8.23. The maximum absolute atomic E-state index is 14.9. The number of phenolic OH excluding ortho intramolecular Hbond substituents is 1. The van der Waals surface area contributed by atoms with Crippen LogP contribution in [0.5, 0.6) is 23.0 Å². The number of carbonyl (C=O) groups is 3. The van der Waals surface area contributed by atoms with Crippen LogP contribution in [0.3, 0.4) is 0 Å². The van der Waals surface area contributed by atoms with Gasteiger partial charge in [0.25, 0.3) is 0 Å². The number of Topliss-reactive ketones (excluding diaryl/α,β-unsaturated/α-hetero) is 1. The number of hydrogen-bond donors (Lipinski definition) is 5. The molecule has 5 aromatic carbocycles. The van der Waals surface area contributed by atoms with Crippen LogP contribution >= 0.6 is 0 Å². The van der Waals surface area contributed by atoms with E-state index in [1.165, 1.54) is 34.3 Å². The summed E-state index contributed by atoms with van der Waals surface area (Å²) in [6.07, 6.45) is 4.39. The highest BCUT2D eigenvalue weighted by molar-refractivity contribution is 6.40. The topological polar surface area (TPSA) is 198 Å². The van der Waals surface area contributed by atoms with Gasteiger partial charge in [0.15, 0.2) is 16.9 Å². The van der Waals surface area contributed by atoms with Crippen molar-refractivity contribution in [3.8, 4) is 23.0 Å². The summed E-state index contributed by atoms with van der Waals surface area (Å²) in [5.74, 6) is -4.04. The van der Waals surface area contributed by atoms with E-state index in [0.29, 0.717) is 99.0 Å². The lowest BCUT2D eigenvalue weighted by atomic mass is 9.80. The number of carbonyl (C=O) groups excluding carboxylic acids is 1. The van der Waals surface area contributed by atoms with Crippen molar-refractivity contribution in [1.82, 2.24) is 0 Å². The van der Waals surface area contributed by atoms with Crippen molar-refractivity contribution >= 4 is 78.3 Å². The molecular formula is C41H40N2O11. The van der Waals surface area contributed by atoms with Gasteiger partial charge in [0.2, 0.25) is 5.43 Å². The molecule has 0 bridgehead atoms. The van der Waals surface area contributed by atoms with Gasteiger partial charge < -0.3 is 40.2 Å². The molecule has 0 heterocycles. The summed E-state index contributed by atoms with van der Waals surface area (Å²) in [7, 11) is 4.27. The number of carboxylic acid groups (broad SMARTS) is 2. The molecule has 3 aliphatic rings. The largest absolute Gasteiger partial charge is 0.505 e. The predicted molar refractivity (Wildman–Crippen MR) is 205 cm³/mol. The number of benzene rings is 5. The Morgan fingerprint density at radius 1 is 0.722 bits per heavy atom. The van der Waals surface area contributed by atoms with Gasteiger partial charge >= 0.3 is 11.9 Å². The first kappa shape index (κ1) is 35.2. The number of rotatable bonds is 10. The normalized spacial score (nSPS) is 22.2. The molecule has 5 atom stereocenters. The number of ether oxygens (including phenoxy) is 3. The van der Waals surface area contributed by atoms with E-state index in [9.17, 15) is 39.3 Å². The number of methoxy groups -OCH3 is 3. The molecule has 0 saturated heterocycles. The number of allylic oxidation sites excluding steroid dienone is 1. The number of anilines is 2. The van der Waals surface area contributed by atoms with Gasteiger partial charge in [-0.15, -0.1) is 0 Å². The Morgan fingerprint density at radius 3 is 1.83 bits per heavy atom. The quantitative estimate of drug-likeness (QED) is 0.0632. The second-order valence-corrected chi connectivity index (χ2v) is 14.9. The van der Waals surface area contributed by atoms with E-state index in [1.807, 2.05) is 0 Å². The molecule has 0 aliphatic heterocycles. The fourth-order valence-corrected chi connectivity index (χ4v) is 9.64. The Balaban J connectivity index is 1.60.